The fourth-order valence-corrected chi connectivity index (χ4v) is 10.7. The second-order valence-corrected chi connectivity index (χ2v) is 16.8. The molecule has 0 N–H and O–H groups in total. The Labute approximate surface area is 338 Å². The van der Waals surface area contributed by atoms with Gasteiger partial charge >= 0.3 is 0 Å². The summed E-state index contributed by atoms with van der Waals surface area (Å²) in [5, 5.41) is 1.30. The molecule has 3 heteroatoms. The van der Waals surface area contributed by atoms with E-state index in [0.717, 1.165) is 43.2 Å². The zero-order chi connectivity index (χ0) is 39.3. The number of carbonyl (C=O) groups is 1. The van der Waals surface area contributed by atoms with Crippen molar-refractivity contribution < 1.29 is 13.9 Å². The summed E-state index contributed by atoms with van der Waals surface area (Å²) < 4.78 is 5.20. The van der Waals surface area contributed by atoms with E-state index in [4.69, 9.17) is 0 Å². The molecule has 7 aromatic rings. The maximum Gasteiger partial charge on any atom is 0.214 e. The van der Waals surface area contributed by atoms with Gasteiger partial charge in [0.2, 0.25) is 16.9 Å². The molecule has 3 nitrogen and oxygen atoms in total. The number of unbranched alkanes of at least 4 members (excludes halogenated alkanes) is 1. The van der Waals surface area contributed by atoms with E-state index in [1.165, 1.54) is 79.6 Å². The monoisotopic (exact) mass is 746 g/mol. The minimum atomic E-state index is -0.238. The molecule has 5 aromatic carbocycles. The van der Waals surface area contributed by atoms with Gasteiger partial charge in [-0.15, -0.1) is 0 Å². The lowest BCUT2D eigenvalue weighted by molar-refractivity contribution is -0.751. The lowest BCUT2D eigenvalue weighted by atomic mass is 9.58. The van der Waals surface area contributed by atoms with Crippen LogP contribution in [-0.2, 0) is 17.4 Å². The van der Waals surface area contributed by atoms with E-state index in [1.54, 1.807) is 0 Å². The number of hydrogen-bond donors (Lipinski definition) is 0. The van der Waals surface area contributed by atoms with Crippen molar-refractivity contribution in [2.24, 2.45) is 0 Å². The number of fused-ring (bicyclic) bond motifs is 8. The summed E-state index contributed by atoms with van der Waals surface area (Å²) >= 11 is 0. The molecule has 2 aliphatic heterocycles. The smallest absolute Gasteiger partial charge is 0.214 e. The molecule has 0 radical (unpaired) electrons. The second-order valence-electron chi connectivity index (χ2n) is 16.8. The van der Waals surface area contributed by atoms with E-state index >= 15 is 0 Å². The van der Waals surface area contributed by atoms with E-state index in [2.05, 4.69) is 153 Å². The van der Waals surface area contributed by atoms with Crippen molar-refractivity contribution in [3.8, 4) is 33.6 Å². The van der Waals surface area contributed by atoms with Gasteiger partial charge in [0.25, 0.3) is 0 Å². The molecule has 0 saturated carbocycles. The molecule has 3 unspecified atom stereocenters. The van der Waals surface area contributed by atoms with Crippen LogP contribution in [0.4, 0.5) is 0 Å². The predicted molar refractivity (Wildman–Crippen MR) is 234 cm³/mol. The van der Waals surface area contributed by atoms with Gasteiger partial charge in [0.1, 0.15) is 0 Å². The Kier molecular flexibility index (Phi) is 9.52. The van der Waals surface area contributed by atoms with Gasteiger partial charge in [-0.1, -0.05) is 124 Å². The summed E-state index contributed by atoms with van der Waals surface area (Å²) in [6.45, 7) is 11.8. The summed E-state index contributed by atoms with van der Waals surface area (Å²) in [6, 6.07) is 51.1. The predicted octanol–water partition coefficient (Wildman–Crippen LogP) is 12.5. The average Bonchev–Trinajstić information content (AvgIpc) is 3.57. The van der Waals surface area contributed by atoms with Crippen molar-refractivity contribution in [1.82, 2.24) is 0 Å². The highest BCUT2D eigenvalue weighted by molar-refractivity contribution is 6.08. The molecule has 0 amide bonds. The normalized spacial score (nSPS) is 19.1. The van der Waals surface area contributed by atoms with Gasteiger partial charge in [-0.05, 0) is 80.1 Å². The fourth-order valence-electron chi connectivity index (χ4n) is 10.7. The summed E-state index contributed by atoms with van der Waals surface area (Å²) in [6.07, 6.45) is 9.58. The Bertz CT molecular complexity index is 2640. The van der Waals surface area contributed by atoms with Crippen LogP contribution >= 0.6 is 0 Å². The molecular weight excluding hydrogens is 693 g/mol. The quantitative estimate of drug-likeness (QED) is 0.0956. The van der Waals surface area contributed by atoms with E-state index in [-0.39, 0.29) is 22.8 Å². The Morgan fingerprint density at radius 1 is 0.684 bits per heavy atom. The average molecular weight is 747 g/mol. The van der Waals surface area contributed by atoms with Crippen LogP contribution in [0.25, 0.3) is 44.5 Å². The third kappa shape index (κ3) is 5.89. The first kappa shape index (κ1) is 36.9. The largest absolute Gasteiger partial charge is 0.288 e. The Morgan fingerprint density at radius 2 is 1.44 bits per heavy atom. The second kappa shape index (κ2) is 14.7. The molecule has 284 valence electrons. The van der Waals surface area contributed by atoms with Gasteiger partial charge in [-0.25, -0.2) is 0 Å². The maximum absolute atomic E-state index is 13.9. The van der Waals surface area contributed by atoms with Crippen molar-refractivity contribution in [2.45, 2.75) is 96.6 Å². The molecule has 0 bridgehead atoms. The summed E-state index contributed by atoms with van der Waals surface area (Å²) in [5.74, 6) is 0.0617. The van der Waals surface area contributed by atoms with Crippen LogP contribution < -0.4 is 9.13 Å². The van der Waals surface area contributed by atoms with Gasteiger partial charge < -0.3 is 0 Å². The van der Waals surface area contributed by atoms with Crippen molar-refractivity contribution >= 4 is 16.7 Å². The van der Waals surface area contributed by atoms with Crippen LogP contribution in [0.15, 0.2) is 146 Å². The molecule has 3 atom stereocenters. The third-order valence-corrected chi connectivity index (χ3v) is 13.9. The standard InChI is InChI=1S/C54H54N2O/c1-6-9-17-38-25-27-39(28-26-38)45-35-51-44-21-13-15-22-47(44)53(5,7-2)54(8-3,56(51)50-23-16-14-20-42(45)50)33-32-49-46-34-37(4)24-30-43(46)48-31-29-41(36-55(48)49)52(57)40-18-11-10-12-19-40/h10-16,18-31,34-36,49H,6-9,17,32-33H2,1-5H3/q+2. The highest BCUT2D eigenvalue weighted by atomic mass is 16.1. The van der Waals surface area contributed by atoms with Crippen molar-refractivity contribution in [2.75, 3.05) is 0 Å². The third-order valence-electron chi connectivity index (χ3n) is 13.9. The van der Waals surface area contributed by atoms with Crippen molar-refractivity contribution in [3.63, 3.8) is 0 Å². The fraction of sp³-hybridized carbons (Fsp3) is 0.278. The SMILES string of the molecule is CCCCc1ccc(-c2cc3[n+](c4ccccc24)C(CC)(CCC2c4cc(C)ccc4-c4ccc(C(=O)c5ccccc5)c[n+]42)C(C)(CC)c2ccccc2-3)cc1. The Hall–Kier alpha value is -5.67. The lowest BCUT2D eigenvalue weighted by Crippen LogP contribution is -2.69. The molecule has 2 aliphatic rings. The Balaban J connectivity index is 1.22. The first-order chi connectivity index (χ1) is 27.8. The number of carbonyl (C=O) groups excluding carboxylic acids is 1. The highest BCUT2D eigenvalue weighted by Crippen LogP contribution is 2.54. The lowest BCUT2D eigenvalue weighted by Gasteiger charge is -2.48. The van der Waals surface area contributed by atoms with Gasteiger partial charge in [-0.2, -0.15) is 9.13 Å². The number of rotatable bonds is 11. The van der Waals surface area contributed by atoms with Crippen LogP contribution in [0.3, 0.4) is 0 Å². The molecule has 57 heavy (non-hydrogen) atoms. The minimum Gasteiger partial charge on any atom is -0.288 e. The summed E-state index contributed by atoms with van der Waals surface area (Å²) in [7, 11) is 0. The first-order valence-corrected chi connectivity index (χ1v) is 21.2. The van der Waals surface area contributed by atoms with E-state index in [0.29, 0.717) is 0 Å². The number of hydrogen-bond acceptors (Lipinski definition) is 1. The molecular formula is C54H54N2O+2. The first-order valence-electron chi connectivity index (χ1n) is 21.2. The van der Waals surface area contributed by atoms with E-state index < -0.39 is 0 Å². The van der Waals surface area contributed by atoms with Crippen LogP contribution in [-0.4, -0.2) is 5.78 Å². The number of aryl methyl sites for hydroxylation is 2. The molecule has 0 fully saturated rings. The van der Waals surface area contributed by atoms with Gasteiger partial charge in [0, 0.05) is 54.2 Å². The van der Waals surface area contributed by atoms with E-state index in [1.807, 2.05) is 36.4 Å². The zero-order valence-electron chi connectivity index (χ0n) is 34.2. The number of nitrogens with zero attached hydrogens (tertiary/aromatic N) is 2. The number of para-hydroxylation sites is 1. The summed E-state index contributed by atoms with van der Waals surface area (Å²) in [5.41, 5.74) is 15.5. The highest BCUT2D eigenvalue weighted by Gasteiger charge is 2.60. The Morgan fingerprint density at radius 3 is 2.21 bits per heavy atom. The van der Waals surface area contributed by atoms with E-state index in [9.17, 15) is 4.79 Å². The number of aromatic nitrogens is 2. The van der Waals surface area contributed by atoms with Crippen molar-refractivity contribution in [1.29, 1.82) is 0 Å². The van der Waals surface area contributed by atoms with Crippen LogP contribution in [0.2, 0.25) is 0 Å². The van der Waals surface area contributed by atoms with Crippen LogP contribution in [0, 0.1) is 6.92 Å². The van der Waals surface area contributed by atoms with Gasteiger partial charge in [0.15, 0.2) is 23.6 Å². The van der Waals surface area contributed by atoms with Crippen molar-refractivity contribution in [3.05, 3.63) is 179 Å². The molecule has 9 rings (SSSR count). The number of pyridine rings is 2. The van der Waals surface area contributed by atoms with Crippen LogP contribution in [0.5, 0.6) is 0 Å². The zero-order valence-corrected chi connectivity index (χ0v) is 34.2. The molecule has 2 aromatic heterocycles. The summed E-state index contributed by atoms with van der Waals surface area (Å²) in [4.78, 5) is 13.9. The van der Waals surface area contributed by atoms with Gasteiger partial charge in [0.05, 0.1) is 27.5 Å². The molecule has 4 heterocycles. The van der Waals surface area contributed by atoms with Crippen LogP contribution in [0.1, 0.15) is 110 Å². The van der Waals surface area contributed by atoms with Gasteiger partial charge in [-0.3, -0.25) is 4.79 Å². The number of benzene rings is 5. The number of ketones is 1. The minimum absolute atomic E-state index is 0.0617. The topological polar surface area (TPSA) is 24.8 Å². The maximum atomic E-state index is 13.9. The molecule has 0 spiro atoms. The molecule has 0 saturated heterocycles. The molecule has 0 aliphatic carbocycles.